The summed E-state index contributed by atoms with van der Waals surface area (Å²) < 4.78 is 8.79. The third-order valence-electron chi connectivity index (χ3n) is 6.16. The van der Waals surface area contributed by atoms with E-state index in [1.165, 1.54) is 11.9 Å². The van der Waals surface area contributed by atoms with Crippen LogP contribution in [0.2, 0.25) is 0 Å². The van der Waals surface area contributed by atoms with Crippen molar-refractivity contribution >= 4 is 35.0 Å². The van der Waals surface area contributed by atoms with E-state index in [4.69, 9.17) is 4.74 Å². The lowest BCUT2D eigenvalue weighted by molar-refractivity contribution is -0.123. The van der Waals surface area contributed by atoms with Crippen LogP contribution >= 0.6 is 11.9 Å². The number of hydrogen-bond acceptors (Lipinski definition) is 5. The first-order chi connectivity index (χ1) is 15.1. The summed E-state index contributed by atoms with van der Waals surface area (Å²) in [4.78, 5) is 27.1. The summed E-state index contributed by atoms with van der Waals surface area (Å²) in [6, 6.07) is 20.8. The predicted molar refractivity (Wildman–Crippen MR) is 123 cm³/mol. The van der Waals surface area contributed by atoms with Gasteiger partial charge >= 0.3 is 0 Å². The van der Waals surface area contributed by atoms with E-state index in [1.54, 1.807) is 19.2 Å². The third kappa shape index (κ3) is 3.27. The van der Waals surface area contributed by atoms with Crippen LogP contribution in [0.25, 0.3) is 0 Å². The topological polar surface area (TPSA) is 67.4 Å². The Bertz CT molecular complexity index is 1170. The molecule has 5 nitrogen and oxygen atoms in total. The number of methoxy groups -OCH3 is 1. The largest absolute Gasteiger partial charge is 0.496 e. The number of fused-ring (bicyclic) bond motifs is 2. The molecule has 2 aliphatic rings. The van der Waals surface area contributed by atoms with E-state index in [0.717, 1.165) is 41.2 Å². The molecule has 0 unspecified atom stereocenters. The van der Waals surface area contributed by atoms with E-state index in [-0.39, 0.29) is 11.7 Å². The van der Waals surface area contributed by atoms with Crippen LogP contribution in [0.1, 0.15) is 40.7 Å². The van der Waals surface area contributed by atoms with E-state index < -0.39 is 5.41 Å². The molecule has 0 saturated heterocycles. The van der Waals surface area contributed by atoms with E-state index in [0.29, 0.717) is 16.8 Å². The second-order valence-corrected chi connectivity index (χ2v) is 8.73. The van der Waals surface area contributed by atoms with Crippen molar-refractivity contribution in [1.29, 1.82) is 0 Å². The number of benzene rings is 3. The SMILES string of the molecule is COc1ccccc1SNc1cc(C(=O)c2ccccc2)c2c(c1)C1(CCC1)C(=O)N2. The molecule has 0 aromatic heterocycles. The molecule has 1 aliphatic carbocycles. The molecule has 0 atom stereocenters. The normalized spacial score (nSPS) is 15.7. The van der Waals surface area contributed by atoms with Crippen molar-refractivity contribution in [2.75, 3.05) is 17.1 Å². The standard InChI is InChI=1S/C25H22N2O3S/c1-30-20-10-5-6-11-21(20)31-27-17-14-18(23(28)16-8-3-2-4-9-16)22-19(15-17)25(12-7-13-25)24(29)26-22/h2-6,8-11,14-15,27H,7,12-13H2,1H3,(H,26,29). The predicted octanol–water partition coefficient (Wildman–Crippen LogP) is 5.42. The Morgan fingerprint density at radius 3 is 2.52 bits per heavy atom. The van der Waals surface area contributed by atoms with Gasteiger partial charge in [-0.05, 0) is 54.6 Å². The van der Waals surface area contributed by atoms with Crippen LogP contribution in [0, 0.1) is 0 Å². The first-order valence-corrected chi connectivity index (χ1v) is 11.1. The van der Waals surface area contributed by atoms with Gasteiger partial charge < -0.3 is 14.8 Å². The third-order valence-corrected chi connectivity index (χ3v) is 7.06. The van der Waals surface area contributed by atoms with Crippen molar-refractivity contribution in [1.82, 2.24) is 0 Å². The Hall–Kier alpha value is -3.25. The number of ether oxygens (including phenoxy) is 1. The number of amides is 1. The Kier molecular flexibility index (Phi) is 4.94. The molecule has 1 amide bonds. The molecule has 1 aliphatic heterocycles. The van der Waals surface area contributed by atoms with E-state index >= 15 is 0 Å². The maximum absolute atomic E-state index is 13.4. The van der Waals surface area contributed by atoms with E-state index in [2.05, 4.69) is 10.0 Å². The molecule has 0 bridgehead atoms. The molecule has 1 fully saturated rings. The number of carbonyl (C=O) groups excluding carboxylic acids is 2. The zero-order valence-corrected chi connectivity index (χ0v) is 17.9. The monoisotopic (exact) mass is 430 g/mol. The second kappa shape index (κ2) is 7.78. The average molecular weight is 431 g/mol. The number of hydrogen-bond donors (Lipinski definition) is 2. The molecule has 3 aromatic rings. The van der Waals surface area contributed by atoms with Gasteiger partial charge in [0.1, 0.15) is 5.75 Å². The molecular formula is C25H22N2O3S. The molecule has 1 heterocycles. The lowest BCUT2D eigenvalue weighted by Crippen LogP contribution is -2.40. The minimum Gasteiger partial charge on any atom is -0.496 e. The van der Waals surface area contributed by atoms with Crippen molar-refractivity contribution < 1.29 is 14.3 Å². The second-order valence-electron chi connectivity index (χ2n) is 7.89. The maximum Gasteiger partial charge on any atom is 0.235 e. The number of carbonyl (C=O) groups is 2. The smallest absolute Gasteiger partial charge is 0.235 e. The van der Waals surface area contributed by atoms with Crippen LogP contribution in [0.4, 0.5) is 11.4 Å². The molecule has 156 valence electrons. The summed E-state index contributed by atoms with van der Waals surface area (Å²) in [5.74, 6) is 0.680. The lowest BCUT2D eigenvalue weighted by atomic mass is 9.65. The summed E-state index contributed by atoms with van der Waals surface area (Å²) in [5, 5.41) is 3.01. The highest BCUT2D eigenvalue weighted by molar-refractivity contribution is 8.00. The molecular weight excluding hydrogens is 408 g/mol. The van der Waals surface area contributed by atoms with Crippen LogP contribution in [0.5, 0.6) is 5.75 Å². The number of nitrogens with one attached hydrogen (secondary N) is 2. The molecule has 6 heteroatoms. The van der Waals surface area contributed by atoms with E-state index in [9.17, 15) is 9.59 Å². The van der Waals surface area contributed by atoms with Gasteiger partial charge in [0.15, 0.2) is 5.78 Å². The zero-order chi connectivity index (χ0) is 21.4. The molecule has 5 rings (SSSR count). The molecule has 0 radical (unpaired) electrons. The van der Waals surface area contributed by atoms with Crippen LogP contribution in [0.15, 0.2) is 71.6 Å². The molecule has 2 N–H and O–H groups in total. The Balaban J connectivity index is 1.55. The van der Waals surface area contributed by atoms with Crippen LogP contribution in [-0.4, -0.2) is 18.8 Å². The Labute approximate surface area is 185 Å². The summed E-state index contributed by atoms with van der Waals surface area (Å²) in [7, 11) is 1.64. The Morgan fingerprint density at radius 1 is 1.06 bits per heavy atom. The quantitative estimate of drug-likeness (QED) is 0.404. The molecule has 1 spiro atoms. The van der Waals surface area contributed by atoms with Crippen LogP contribution in [-0.2, 0) is 10.2 Å². The highest BCUT2D eigenvalue weighted by Gasteiger charge is 2.52. The van der Waals surface area contributed by atoms with Gasteiger partial charge in [0.25, 0.3) is 0 Å². The van der Waals surface area contributed by atoms with E-state index in [1.807, 2.05) is 54.6 Å². The number of ketones is 1. The summed E-state index contributed by atoms with van der Waals surface area (Å²) in [6.45, 7) is 0. The first-order valence-electron chi connectivity index (χ1n) is 10.3. The van der Waals surface area contributed by atoms with Gasteiger partial charge in [-0.3, -0.25) is 9.59 Å². The highest BCUT2D eigenvalue weighted by Crippen LogP contribution is 2.53. The summed E-state index contributed by atoms with van der Waals surface area (Å²) in [5.41, 5.74) is 2.98. The zero-order valence-electron chi connectivity index (χ0n) is 17.1. The van der Waals surface area contributed by atoms with Gasteiger partial charge in [-0.1, -0.05) is 48.9 Å². The van der Waals surface area contributed by atoms with Gasteiger partial charge in [0.05, 0.1) is 23.1 Å². The minimum absolute atomic E-state index is 0.00499. The maximum atomic E-state index is 13.4. The van der Waals surface area contributed by atoms with Gasteiger partial charge in [0, 0.05) is 16.8 Å². The van der Waals surface area contributed by atoms with Crippen molar-refractivity contribution in [3.8, 4) is 5.75 Å². The lowest BCUT2D eigenvalue weighted by Gasteiger charge is -2.36. The average Bonchev–Trinajstić information content (AvgIpc) is 3.09. The summed E-state index contributed by atoms with van der Waals surface area (Å²) in [6.07, 6.45) is 2.64. The van der Waals surface area contributed by atoms with Gasteiger partial charge in [0.2, 0.25) is 5.91 Å². The van der Waals surface area contributed by atoms with Crippen molar-refractivity contribution in [2.45, 2.75) is 29.6 Å². The fourth-order valence-electron chi connectivity index (χ4n) is 4.34. The number of anilines is 2. The first kappa shape index (κ1) is 19.7. The number of para-hydroxylation sites is 1. The Morgan fingerprint density at radius 2 is 1.81 bits per heavy atom. The fraction of sp³-hybridized carbons (Fsp3) is 0.200. The van der Waals surface area contributed by atoms with Crippen molar-refractivity contribution in [3.05, 3.63) is 83.4 Å². The van der Waals surface area contributed by atoms with Crippen LogP contribution < -0.4 is 14.8 Å². The fourth-order valence-corrected chi connectivity index (χ4v) is 5.08. The minimum atomic E-state index is -0.506. The number of rotatable bonds is 6. The van der Waals surface area contributed by atoms with Gasteiger partial charge in [-0.25, -0.2) is 0 Å². The highest BCUT2D eigenvalue weighted by atomic mass is 32.2. The van der Waals surface area contributed by atoms with Gasteiger partial charge in [-0.2, -0.15) is 0 Å². The van der Waals surface area contributed by atoms with Crippen LogP contribution in [0.3, 0.4) is 0 Å². The van der Waals surface area contributed by atoms with Gasteiger partial charge in [-0.15, -0.1) is 0 Å². The van der Waals surface area contributed by atoms with Crippen molar-refractivity contribution in [3.63, 3.8) is 0 Å². The summed E-state index contributed by atoms with van der Waals surface area (Å²) >= 11 is 1.42. The molecule has 3 aromatic carbocycles. The van der Waals surface area contributed by atoms with Crippen molar-refractivity contribution in [2.24, 2.45) is 0 Å². The molecule has 31 heavy (non-hydrogen) atoms. The molecule has 1 saturated carbocycles.